The molecule has 1 aliphatic heterocycles. The van der Waals surface area contributed by atoms with Crippen LogP contribution in [-0.2, 0) is 4.74 Å². The van der Waals surface area contributed by atoms with Gasteiger partial charge in [-0.05, 0) is 37.8 Å². The molecule has 2 fully saturated rings. The largest absolute Gasteiger partial charge is 0.492 e. The van der Waals surface area contributed by atoms with E-state index in [2.05, 4.69) is 6.07 Å². The number of fused-ring (bicyclic) bond motifs is 3. The number of benzene rings is 1. The van der Waals surface area contributed by atoms with Crippen molar-refractivity contribution in [3.05, 3.63) is 44.7 Å². The smallest absolute Gasteiger partial charge is 0.341 e. The number of halogens is 1. The zero-order valence-corrected chi connectivity index (χ0v) is 18.9. The van der Waals surface area contributed by atoms with Gasteiger partial charge in [0.1, 0.15) is 23.2 Å². The lowest BCUT2D eigenvalue weighted by Gasteiger charge is -2.34. The monoisotopic (exact) mass is 470 g/mol. The average Bonchev–Trinajstić information content (AvgIpc) is 3.71. The van der Waals surface area contributed by atoms with Gasteiger partial charge in [0.25, 0.3) is 5.56 Å². The van der Waals surface area contributed by atoms with E-state index in [1.54, 1.807) is 23.8 Å². The van der Waals surface area contributed by atoms with Gasteiger partial charge in [0.15, 0.2) is 0 Å². The molecule has 2 heterocycles. The Morgan fingerprint density at radius 2 is 2.09 bits per heavy atom. The molecule has 33 heavy (non-hydrogen) atoms. The van der Waals surface area contributed by atoms with E-state index in [1.165, 1.54) is 6.07 Å². The van der Waals surface area contributed by atoms with Crippen LogP contribution in [0.15, 0.2) is 23.0 Å². The standard InChI is InChI=1S/C24H23ClN2O6/c1-31-7-2-8-32-19-11-18-14(10-17(19)25)20-15(21(33-18)24(12-26)5-6-24)9-16(23(29)30)22(28)27(20)13-3-4-13/h9-11,13,21H,2-8H2,1H3,(H,29,30). The Balaban J connectivity index is 1.69. The molecule has 5 rings (SSSR count). The lowest BCUT2D eigenvalue weighted by atomic mass is 9.87. The summed E-state index contributed by atoms with van der Waals surface area (Å²) < 4.78 is 18.8. The first-order chi connectivity index (χ1) is 15.9. The molecule has 172 valence electrons. The number of nitrogens with zero attached hydrogens (tertiary/aromatic N) is 2. The van der Waals surface area contributed by atoms with Crippen LogP contribution in [0.3, 0.4) is 0 Å². The summed E-state index contributed by atoms with van der Waals surface area (Å²) in [6.45, 7) is 0.960. The summed E-state index contributed by atoms with van der Waals surface area (Å²) in [6, 6.07) is 7.05. The summed E-state index contributed by atoms with van der Waals surface area (Å²) in [6.07, 6.45) is 2.86. The molecule has 1 N–H and O–H groups in total. The second kappa shape index (κ2) is 8.08. The first kappa shape index (κ1) is 21.8. The number of pyridine rings is 1. The molecule has 2 saturated carbocycles. The normalized spacial score (nSPS) is 19.6. The molecule has 0 saturated heterocycles. The molecule has 0 amide bonds. The van der Waals surface area contributed by atoms with Crippen molar-refractivity contribution in [1.29, 1.82) is 5.26 Å². The SMILES string of the molecule is COCCCOc1cc2c(cc1Cl)-c1c(cc(C(=O)O)c(=O)n1C1CC1)C(C1(C#N)CC1)O2. The van der Waals surface area contributed by atoms with Gasteiger partial charge in [-0.3, -0.25) is 4.79 Å². The number of ether oxygens (including phenoxy) is 3. The number of hydrogen-bond acceptors (Lipinski definition) is 6. The minimum absolute atomic E-state index is 0.0851. The first-order valence-corrected chi connectivity index (χ1v) is 11.3. The van der Waals surface area contributed by atoms with Gasteiger partial charge in [0, 0.05) is 43.4 Å². The van der Waals surface area contributed by atoms with Crippen molar-refractivity contribution in [2.24, 2.45) is 5.41 Å². The van der Waals surface area contributed by atoms with Crippen LogP contribution in [0.2, 0.25) is 5.02 Å². The van der Waals surface area contributed by atoms with Crippen molar-refractivity contribution in [3.8, 4) is 28.8 Å². The quantitative estimate of drug-likeness (QED) is 0.571. The van der Waals surface area contributed by atoms with Crippen molar-refractivity contribution >= 4 is 17.6 Å². The lowest BCUT2D eigenvalue weighted by Crippen LogP contribution is -2.33. The van der Waals surface area contributed by atoms with E-state index in [9.17, 15) is 20.0 Å². The summed E-state index contributed by atoms with van der Waals surface area (Å²) >= 11 is 6.53. The number of rotatable bonds is 8. The van der Waals surface area contributed by atoms with Crippen molar-refractivity contribution in [2.75, 3.05) is 20.3 Å². The maximum atomic E-state index is 13.2. The maximum Gasteiger partial charge on any atom is 0.341 e. The van der Waals surface area contributed by atoms with Gasteiger partial charge >= 0.3 is 5.97 Å². The Morgan fingerprint density at radius 1 is 1.33 bits per heavy atom. The third-order valence-corrected chi connectivity index (χ3v) is 6.78. The second-order valence-electron chi connectivity index (χ2n) is 8.81. The van der Waals surface area contributed by atoms with Crippen LogP contribution in [0.5, 0.6) is 11.5 Å². The minimum atomic E-state index is -1.29. The van der Waals surface area contributed by atoms with Crippen molar-refractivity contribution in [1.82, 2.24) is 4.57 Å². The molecule has 0 bridgehead atoms. The molecule has 1 aromatic carbocycles. The summed E-state index contributed by atoms with van der Waals surface area (Å²) in [5, 5.41) is 19.9. The number of carboxylic acids is 1. The van der Waals surface area contributed by atoms with Gasteiger partial charge in [-0.1, -0.05) is 11.6 Å². The van der Waals surface area contributed by atoms with Crippen LogP contribution < -0.4 is 15.0 Å². The van der Waals surface area contributed by atoms with Crippen LogP contribution in [0.25, 0.3) is 11.3 Å². The fourth-order valence-corrected chi connectivity index (χ4v) is 4.68. The van der Waals surface area contributed by atoms with E-state index >= 15 is 0 Å². The summed E-state index contributed by atoms with van der Waals surface area (Å²) in [5.41, 5.74) is 0.130. The number of aromatic carboxylic acids is 1. The number of aromatic nitrogens is 1. The topological polar surface area (TPSA) is 111 Å². The fraction of sp³-hybridized carbons (Fsp3) is 0.458. The Kier molecular flexibility index (Phi) is 5.34. The minimum Gasteiger partial charge on any atom is -0.492 e. The van der Waals surface area contributed by atoms with Crippen molar-refractivity contribution in [2.45, 2.75) is 44.2 Å². The van der Waals surface area contributed by atoms with Crippen LogP contribution in [-0.4, -0.2) is 36.0 Å². The van der Waals surface area contributed by atoms with Crippen LogP contribution >= 0.6 is 11.6 Å². The third kappa shape index (κ3) is 3.65. The highest BCUT2D eigenvalue weighted by Gasteiger charge is 2.55. The molecule has 1 unspecified atom stereocenters. The van der Waals surface area contributed by atoms with Gasteiger partial charge in [0.2, 0.25) is 0 Å². The van der Waals surface area contributed by atoms with E-state index in [4.69, 9.17) is 25.8 Å². The van der Waals surface area contributed by atoms with Gasteiger partial charge < -0.3 is 23.9 Å². The predicted molar refractivity (Wildman–Crippen MR) is 119 cm³/mol. The van der Waals surface area contributed by atoms with Crippen LogP contribution in [0.1, 0.15) is 60.2 Å². The summed E-state index contributed by atoms with van der Waals surface area (Å²) in [7, 11) is 1.62. The molecule has 3 aliphatic rings. The van der Waals surface area contributed by atoms with Crippen molar-refractivity contribution < 1.29 is 24.1 Å². The number of carbonyl (C=O) groups is 1. The zero-order chi connectivity index (χ0) is 23.3. The lowest BCUT2D eigenvalue weighted by molar-refractivity contribution is 0.0693. The third-order valence-electron chi connectivity index (χ3n) is 6.49. The van der Waals surface area contributed by atoms with Crippen LogP contribution in [0.4, 0.5) is 0 Å². The maximum absolute atomic E-state index is 13.2. The summed E-state index contributed by atoms with van der Waals surface area (Å²) in [5.74, 6) is -0.378. The molecule has 0 spiro atoms. The summed E-state index contributed by atoms with van der Waals surface area (Å²) in [4.78, 5) is 25.0. The fourth-order valence-electron chi connectivity index (χ4n) is 4.46. The molecule has 2 aromatic rings. The Labute approximate surface area is 195 Å². The van der Waals surface area contributed by atoms with E-state index in [1.807, 2.05) is 0 Å². The molecule has 8 nitrogen and oxygen atoms in total. The molecule has 1 aromatic heterocycles. The van der Waals surface area contributed by atoms with Gasteiger partial charge in [-0.15, -0.1) is 0 Å². The number of carboxylic acid groups (broad SMARTS) is 1. The van der Waals surface area contributed by atoms with Gasteiger partial charge in [0.05, 0.1) is 28.8 Å². The number of hydrogen-bond donors (Lipinski definition) is 1. The average molecular weight is 471 g/mol. The van der Waals surface area contributed by atoms with E-state index in [-0.39, 0.29) is 11.6 Å². The highest BCUT2D eigenvalue weighted by atomic mass is 35.5. The van der Waals surface area contributed by atoms with E-state index < -0.39 is 23.0 Å². The highest BCUT2D eigenvalue weighted by molar-refractivity contribution is 6.32. The highest BCUT2D eigenvalue weighted by Crippen LogP contribution is 2.60. The molecular formula is C24H23ClN2O6. The van der Waals surface area contributed by atoms with Gasteiger partial charge in [-0.25, -0.2) is 4.79 Å². The van der Waals surface area contributed by atoms with Crippen LogP contribution in [0, 0.1) is 16.7 Å². The zero-order valence-electron chi connectivity index (χ0n) is 18.1. The predicted octanol–water partition coefficient (Wildman–Crippen LogP) is 4.35. The molecule has 9 heteroatoms. The molecular weight excluding hydrogens is 448 g/mol. The first-order valence-electron chi connectivity index (χ1n) is 11.0. The molecule has 0 radical (unpaired) electrons. The second-order valence-corrected chi connectivity index (χ2v) is 9.22. The Bertz CT molecular complexity index is 1240. The Hall–Kier alpha value is -3.02. The number of nitriles is 1. The molecule has 1 atom stereocenters. The van der Waals surface area contributed by atoms with Crippen molar-refractivity contribution in [3.63, 3.8) is 0 Å². The van der Waals surface area contributed by atoms with E-state index in [0.29, 0.717) is 65.8 Å². The van der Waals surface area contributed by atoms with Gasteiger partial charge in [-0.2, -0.15) is 5.26 Å². The van der Waals surface area contributed by atoms with E-state index in [0.717, 1.165) is 12.8 Å². The molecule has 2 aliphatic carbocycles. The number of methoxy groups -OCH3 is 1. The Morgan fingerprint density at radius 3 is 2.70 bits per heavy atom.